The van der Waals surface area contributed by atoms with Gasteiger partial charge in [0.15, 0.2) is 0 Å². The summed E-state index contributed by atoms with van der Waals surface area (Å²) in [4.78, 5) is 54.4. The number of carbonyl (C=O) groups excluding carboxylic acids is 3. The number of amides is 2. The molecule has 2 N–H and O–H groups in total. The van der Waals surface area contributed by atoms with Crippen molar-refractivity contribution in [2.45, 2.75) is 77.5 Å². The zero-order chi connectivity index (χ0) is 34.6. The molecule has 4 aliphatic heterocycles. The predicted octanol–water partition coefficient (Wildman–Crippen LogP) is 5.45. The number of benzene rings is 3. The van der Waals surface area contributed by atoms with E-state index in [1.807, 2.05) is 93.6 Å². The predicted molar refractivity (Wildman–Crippen MR) is 185 cm³/mol. The van der Waals surface area contributed by atoms with Gasteiger partial charge in [-0.1, -0.05) is 60.7 Å². The highest BCUT2D eigenvalue weighted by atomic mass is 16.5. The van der Waals surface area contributed by atoms with E-state index in [0.717, 1.165) is 27.8 Å². The van der Waals surface area contributed by atoms with Crippen molar-refractivity contribution in [3.8, 4) is 5.75 Å². The normalized spacial score (nSPS) is 19.5. The molecule has 0 saturated heterocycles. The molecule has 0 spiro atoms. The largest absolute Gasteiger partial charge is 0.497 e. The third kappa shape index (κ3) is 7.68. The van der Waals surface area contributed by atoms with Gasteiger partial charge >= 0.3 is 5.97 Å². The van der Waals surface area contributed by atoms with Crippen LogP contribution in [-0.4, -0.2) is 41.6 Å². The first-order valence-corrected chi connectivity index (χ1v) is 16.2. The summed E-state index contributed by atoms with van der Waals surface area (Å²) in [7, 11) is 1.59. The van der Waals surface area contributed by atoms with Crippen LogP contribution >= 0.6 is 0 Å². The first-order chi connectivity index (χ1) is 22.8. The lowest BCUT2D eigenvalue weighted by molar-refractivity contribution is -0.154. The number of esters is 1. The molecule has 9 heteroatoms. The van der Waals surface area contributed by atoms with Crippen LogP contribution in [0.3, 0.4) is 0 Å². The summed E-state index contributed by atoms with van der Waals surface area (Å²) in [5.74, 6) is -0.983. The number of nitrogens with one attached hydrogen (secondary N) is 2. The molecule has 5 heterocycles. The van der Waals surface area contributed by atoms with Crippen molar-refractivity contribution in [1.29, 1.82) is 0 Å². The van der Waals surface area contributed by atoms with Crippen molar-refractivity contribution >= 4 is 23.5 Å². The quantitative estimate of drug-likeness (QED) is 0.278. The summed E-state index contributed by atoms with van der Waals surface area (Å²) in [5.41, 5.74) is 3.69. The van der Waals surface area contributed by atoms with Crippen LogP contribution in [0.15, 0.2) is 89.9 Å². The molecule has 8 rings (SSSR count). The first kappa shape index (κ1) is 34.2. The maximum Gasteiger partial charge on any atom is 0.316 e. The molecular weight excluding hydrogens is 606 g/mol. The topological polar surface area (TPSA) is 116 Å². The van der Waals surface area contributed by atoms with E-state index in [9.17, 15) is 19.2 Å². The summed E-state index contributed by atoms with van der Waals surface area (Å²) in [5, 5.41) is 5.79. The number of aromatic nitrogens is 1. The minimum atomic E-state index is -0.989. The fourth-order valence-corrected chi connectivity index (χ4v) is 5.79. The number of carbonyl (C=O) groups is 3. The number of rotatable bonds is 5. The molecule has 48 heavy (non-hydrogen) atoms. The fraction of sp³-hybridized carbons (Fsp3) is 0.333. The maximum absolute atomic E-state index is 13.9. The second-order valence-corrected chi connectivity index (χ2v) is 13.1. The van der Waals surface area contributed by atoms with E-state index in [1.54, 1.807) is 33.2 Å². The zero-order valence-corrected chi connectivity index (χ0v) is 28.3. The lowest BCUT2D eigenvalue weighted by Gasteiger charge is -2.26. The molecule has 4 bridgehead atoms. The van der Waals surface area contributed by atoms with E-state index in [1.165, 1.54) is 4.57 Å². The van der Waals surface area contributed by atoms with E-state index in [0.29, 0.717) is 24.3 Å². The Bertz CT molecular complexity index is 1840. The number of methoxy groups -OCH3 is 1. The lowest BCUT2D eigenvalue weighted by atomic mass is 9.84. The lowest BCUT2D eigenvalue weighted by Crippen LogP contribution is -2.47. The number of hydrogen-bond donors (Lipinski definition) is 2. The van der Waals surface area contributed by atoms with E-state index < -0.39 is 23.3 Å². The van der Waals surface area contributed by atoms with Crippen LogP contribution in [0.1, 0.15) is 67.0 Å². The molecule has 4 aliphatic rings. The third-order valence-electron chi connectivity index (χ3n) is 9.10. The molecule has 2 amide bonds. The van der Waals surface area contributed by atoms with Crippen LogP contribution in [0.4, 0.5) is 5.69 Å². The second kappa shape index (κ2) is 14.3. The van der Waals surface area contributed by atoms with Gasteiger partial charge < -0.3 is 24.7 Å². The highest BCUT2D eigenvalue weighted by Crippen LogP contribution is 2.27. The van der Waals surface area contributed by atoms with Gasteiger partial charge in [0.05, 0.1) is 25.0 Å². The van der Waals surface area contributed by atoms with Gasteiger partial charge in [-0.05, 0) is 86.2 Å². The molecule has 250 valence electrons. The summed E-state index contributed by atoms with van der Waals surface area (Å²) in [6.45, 7) is 9.37. The van der Waals surface area contributed by atoms with Crippen molar-refractivity contribution < 1.29 is 23.9 Å². The van der Waals surface area contributed by atoms with Crippen LogP contribution in [0.5, 0.6) is 5.75 Å². The van der Waals surface area contributed by atoms with Crippen LogP contribution < -0.4 is 20.9 Å². The second-order valence-electron chi connectivity index (χ2n) is 13.1. The van der Waals surface area contributed by atoms with E-state index in [-0.39, 0.29) is 35.6 Å². The number of aryl methyl sites for hydroxylation is 1. The van der Waals surface area contributed by atoms with Crippen molar-refractivity contribution in [3.63, 3.8) is 0 Å². The minimum Gasteiger partial charge on any atom is -0.497 e. The van der Waals surface area contributed by atoms with Crippen LogP contribution in [0.25, 0.3) is 0 Å². The van der Waals surface area contributed by atoms with Gasteiger partial charge in [-0.2, -0.15) is 0 Å². The first-order valence-electron chi connectivity index (χ1n) is 16.2. The average molecular weight is 650 g/mol. The van der Waals surface area contributed by atoms with E-state index in [2.05, 4.69) is 10.6 Å². The molecule has 0 fully saturated rings. The Labute approximate surface area is 281 Å². The zero-order valence-electron chi connectivity index (χ0n) is 28.3. The summed E-state index contributed by atoms with van der Waals surface area (Å²) in [6.07, 6.45) is 2.06. The number of nitrogens with zero attached hydrogens (tertiary/aromatic N) is 1. The third-order valence-corrected chi connectivity index (χ3v) is 9.10. The Morgan fingerprint density at radius 2 is 1.54 bits per heavy atom. The van der Waals surface area contributed by atoms with E-state index >= 15 is 0 Å². The van der Waals surface area contributed by atoms with E-state index in [4.69, 9.17) is 9.47 Å². The van der Waals surface area contributed by atoms with Crippen LogP contribution in [-0.2, 0) is 43.9 Å². The van der Waals surface area contributed by atoms with Gasteiger partial charge in [-0.25, -0.2) is 0 Å². The van der Waals surface area contributed by atoms with Crippen molar-refractivity contribution in [1.82, 2.24) is 9.88 Å². The Morgan fingerprint density at radius 1 is 0.917 bits per heavy atom. The molecule has 4 aromatic rings. The Balaban J connectivity index is 1.45. The SMILES string of the molecule is COc1ccc(Cn2ccc(C)c(NC(=O)[C@@H]3Cc4ccc(cc4)C(C)(C)C(=O)OC(C)Cc4ccc(cc4)[C@H](C)C(=O)N3)c2=O)cc1. The molecule has 3 atom stereocenters. The number of ether oxygens (including phenoxy) is 2. The molecule has 1 aromatic heterocycles. The summed E-state index contributed by atoms with van der Waals surface area (Å²) < 4.78 is 12.6. The molecule has 0 saturated carbocycles. The number of anilines is 1. The summed E-state index contributed by atoms with van der Waals surface area (Å²) in [6, 6.07) is 23.2. The van der Waals surface area contributed by atoms with Gasteiger partial charge in [-0.3, -0.25) is 19.2 Å². The van der Waals surface area contributed by atoms with Crippen LogP contribution in [0.2, 0.25) is 0 Å². The standard InChI is InChI=1S/C39H43N3O6/c1-24-19-20-42(23-29-11-17-32(47-6)18-12-29)37(45)34(24)41-36(44)33-22-28-9-15-31(16-10-28)39(4,5)38(46)48-25(2)21-27-7-13-30(14-8-27)26(3)35(43)40-33/h7-20,25-26,33H,21-23H2,1-6H3,(H,40,43)(H,41,44)/t25?,26-,33-/m0/s1. The monoisotopic (exact) mass is 649 g/mol. The van der Waals surface area contributed by atoms with Gasteiger partial charge in [0.25, 0.3) is 5.56 Å². The maximum atomic E-state index is 13.9. The van der Waals surface area contributed by atoms with Crippen LogP contribution in [0, 0.1) is 6.92 Å². The Kier molecular flexibility index (Phi) is 10.2. The van der Waals surface area contributed by atoms with Gasteiger partial charge in [-0.15, -0.1) is 0 Å². The minimum absolute atomic E-state index is 0.151. The smallest absolute Gasteiger partial charge is 0.316 e. The Hall–Kier alpha value is -5.18. The number of hydrogen-bond acceptors (Lipinski definition) is 6. The van der Waals surface area contributed by atoms with Gasteiger partial charge in [0, 0.05) is 19.0 Å². The van der Waals surface area contributed by atoms with Crippen molar-refractivity contribution in [2.24, 2.45) is 0 Å². The highest BCUT2D eigenvalue weighted by Gasteiger charge is 2.33. The highest BCUT2D eigenvalue weighted by molar-refractivity contribution is 5.98. The fourth-order valence-electron chi connectivity index (χ4n) is 5.79. The Morgan fingerprint density at radius 3 is 2.19 bits per heavy atom. The molecule has 1 unspecified atom stereocenters. The molecule has 0 aliphatic carbocycles. The molecule has 3 aromatic carbocycles. The summed E-state index contributed by atoms with van der Waals surface area (Å²) >= 11 is 0. The molecule has 9 nitrogen and oxygen atoms in total. The molecular formula is C39H43N3O6. The number of pyridine rings is 1. The average Bonchev–Trinajstić information content (AvgIpc) is 3.07. The van der Waals surface area contributed by atoms with Gasteiger partial charge in [0.1, 0.15) is 23.6 Å². The van der Waals surface area contributed by atoms with Gasteiger partial charge in [0.2, 0.25) is 11.8 Å². The molecule has 0 radical (unpaired) electrons. The van der Waals surface area contributed by atoms with Crippen molar-refractivity contribution in [3.05, 3.63) is 129 Å². The van der Waals surface area contributed by atoms with Crippen molar-refractivity contribution in [2.75, 3.05) is 12.4 Å².